The molecule has 1 aromatic heterocycles. The molecular weight excluding hydrogens is 491 g/mol. The standard InChI is InChI=1S/C18H16Br2F3N3O/c1-9(12-6-3-10(19)7-13(12)20)8-26(11-4-5-11)18(27)14-15(16(21)22)24-25(2)17(14)23/h3,6-7,11,16H,1,4-5,8H2,2H3. The van der Waals surface area contributed by atoms with E-state index in [1.165, 1.54) is 11.9 Å². The minimum absolute atomic E-state index is 0.112. The van der Waals surface area contributed by atoms with Crippen LogP contribution in [0.25, 0.3) is 5.57 Å². The maximum atomic E-state index is 14.3. The monoisotopic (exact) mass is 505 g/mol. The van der Waals surface area contributed by atoms with Gasteiger partial charge in [0.25, 0.3) is 12.3 Å². The summed E-state index contributed by atoms with van der Waals surface area (Å²) in [5, 5.41) is 3.46. The van der Waals surface area contributed by atoms with Gasteiger partial charge in [-0.15, -0.1) is 0 Å². The quantitative estimate of drug-likeness (QED) is 0.530. The van der Waals surface area contributed by atoms with Gasteiger partial charge in [-0.25, -0.2) is 13.5 Å². The predicted molar refractivity (Wildman–Crippen MR) is 103 cm³/mol. The Bertz CT molecular complexity index is 909. The van der Waals surface area contributed by atoms with Crippen LogP contribution in [0, 0.1) is 5.95 Å². The van der Waals surface area contributed by atoms with E-state index in [4.69, 9.17) is 0 Å². The van der Waals surface area contributed by atoms with Crippen molar-refractivity contribution in [3.8, 4) is 0 Å². The molecule has 144 valence electrons. The van der Waals surface area contributed by atoms with Gasteiger partial charge in [0, 0.05) is 28.6 Å². The lowest BCUT2D eigenvalue weighted by molar-refractivity contribution is 0.0747. The summed E-state index contributed by atoms with van der Waals surface area (Å²) >= 11 is 6.82. The van der Waals surface area contributed by atoms with Crippen LogP contribution < -0.4 is 0 Å². The summed E-state index contributed by atoms with van der Waals surface area (Å²) in [6.07, 6.45) is -1.55. The number of amides is 1. The molecule has 1 aliphatic rings. The Morgan fingerprint density at radius 3 is 2.63 bits per heavy atom. The summed E-state index contributed by atoms with van der Waals surface area (Å²) in [5.41, 5.74) is -0.0851. The number of rotatable bonds is 6. The molecular formula is C18H16Br2F3N3O. The molecule has 1 aromatic carbocycles. The van der Waals surface area contributed by atoms with Crippen LogP contribution in [0.15, 0.2) is 33.7 Å². The summed E-state index contributed by atoms with van der Waals surface area (Å²) in [6, 6.07) is 5.40. The molecule has 27 heavy (non-hydrogen) atoms. The summed E-state index contributed by atoms with van der Waals surface area (Å²) in [5.74, 6) is -1.84. The number of halogens is 5. The highest BCUT2D eigenvalue weighted by Crippen LogP contribution is 2.34. The van der Waals surface area contributed by atoms with Gasteiger partial charge in [-0.2, -0.15) is 9.49 Å². The minimum atomic E-state index is -3.04. The van der Waals surface area contributed by atoms with E-state index in [9.17, 15) is 18.0 Å². The van der Waals surface area contributed by atoms with Crippen molar-refractivity contribution in [2.45, 2.75) is 25.3 Å². The third-order valence-corrected chi connectivity index (χ3v) is 5.50. The number of hydrogen-bond donors (Lipinski definition) is 0. The topological polar surface area (TPSA) is 38.1 Å². The molecule has 1 saturated carbocycles. The van der Waals surface area contributed by atoms with Crippen molar-refractivity contribution >= 4 is 43.3 Å². The van der Waals surface area contributed by atoms with Gasteiger partial charge in [0.2, 0.25) is 5.95 Å². The molecule has 2 aromatic rings. The second-order valence-corrected chi connectivity index (χ2v) is 8.14. The first-order chi connectivity index (χ1) is 12.7. The van der Waals surface area contributed by atoms with Crippen LogP contribution in [0.2, 0.25) is 0 Å². The van der Waals surface area contributed by atoms with Gasteiger partial charge in [-0.1, -0.05) is 44.5 Å². The summed E-state index contributed by atoms with van der Waals surface area (Å²) in [7, 11) is 1.19. The Balaban J connectivity index is 1.91. The number of alkyl halides is 2. The maximum Gasteiger partial charge on any atom is 0.283 e. The zero-order valence-corrected chi connectivity index (χ0v) is 17.5. The maximum absolute atomic E-state index is 14.3. The molecule has 0 bridgehead atoms. The zero-order valence-electron chi connectivity index (χ0n) is 14.4. The van der Waals surface area contributed by atoms with Crippen LogP contribution in [0.3, 0.4) is 0 Å². The van der Waals surface area contributed by atoms with Crippen molar-refractivity contribution in [3.63, 3.8) is 0 Å². The fourth-order valence-corrected chi connectivity index (χ4v) is 4.16. The molecule has 0 spiro atoms. The fraction of sp³-hybridized carbons (Fsp3) is 0.333. The Morgan fingerprint density at radius 2 is 2.07 bits per heavy atom. The molecule has 1 amide bonds. The largest absolute Gasteiger partial charge is 0.331 e. The van der Waals surface area contributed by atoms with Crippen molar-refractivity contribution in [1.29, 1.82) is 0 Å². The van der Waals surface area contributed by atoms with E-state index in [1.807, 2.05) is 18.2 Å². The number of aromatic nitrogens is 2. The van der Waals surface area contributed by atoms with Gasteiger partial charge in [0.05, 0.1) is 0 Å². The van der Waals surface area contributed by atoms with Gasteiger partial charge >= 0.3 is 0 Å². The van der Waals surface area contributed by atoms with E-state index in [1.54, 1.807) is 0 Å². The predicted octanol–water partition coefficient (Wildman–Crippen LogP) is 5.34. The number of nitrogens with zero attached hydrogens (tertiary/aromatic N) is 3. The van der Waals surface area contributed by atoms with Gasteiger partial charge in [-0.3, -0.25) is 4.79 Å². The van der Waals surface area contributed by atoms with Crippen LogP contribution in [0.1, 0.15) is 40.9 Å². The number of hydrogen-bond acceptors (Lipinski definition) is 2. The molecule has 0 unspecified atom stereocenters. The van der Waals surface area contributed by atoms with Gasteiger partial charge < -0.3 is 4.90 Å². The lowest BCUT2D eigenvalue weighted by Crippen LogP contribution is -2.35. The second kappa shape index (κ2) is 7.79. The van der Waals surface area contributed by atoms with E-state index in [2.05, 4.69) is 43.5 Å². The van der Waals surface area contributed by atoms with Crippen molar-refractivity contribution < 1.29 is 18.0 Å². The highest BCUT2D eigenvalue weighted by Gasteiger charge is 2.38. The number of benzene rings is 1. The highest BCUT2D eigenvalue weighted by molar-refractivity contribution is 9.11. The van der Waals surface area contributed by atoms with E-state index >= 15 is 0 Å². The first-order valence-electron chi connectivity index (χ1n) is 8.15. The van der Waals surface area contributed by atoms with Crippen molar-refractivity contribution in [2.24, 2.45) is 7.05 Å². The van der Waals surface area contributed by atoms with Gasteiger partial charge in [-0.05, 0) is 36.1 Å². The first-order valence-corrected chi connectivity index (χ1v) is 9.74. The number of aryl methyl sites for hydroxylation is 1. The minimum Gasteiger partial charge on any atom is -0.331 e. The number of carbonyl (C=O) groups is 1. The molecule has 1 heterocycles. The van der Waals surface area contributed by atoms with E-state index in [0.29, 0.717) is 10.3 Å². The first kappa shape index (κ1) is 20.1. The van der Waals surface area contributed by atoms with Crippen LogP contribution in [0.4, 0.5) is 13.2 Å². The summed E-state index contributed by atoms with van der Waals surface area (Å²) in [4.78, 5) is 14.3. The fourth-order valence-electron chi connectivity index (χ4n) is 2.84. The average Bonchev–Trinajstić information content (AvgIpc) is 3.38. The van der Waals surface area contributed by atoms with Crippen molar-refractivity contribution in [2.75, 3.05) is 6.54 Å². The molecule has 0 radical (unpaired) electrons. The van der Waals surface area contributed by atoms with Crippen LogP contribution in [0.5, 0.6) is 0 Å². The molecule has 0 atom stereocenters. The number of carbonyl (C=O) groups excluding carboxylic acids is 1. The lowest BCUT2D eigenvalue weighted by atomic mass is 10.1. The molecule has 1 fully saturated rings. The molecule has 1 aliphatic carbocycles. The molecule has 0 N–H and O–H groups in total. The smallest absolute Gasteiger partial charge is 0.283 e. The van der Waals surface area contributed by atoms with Crippen molar-refractivity contribution in [1.82, 2.24) is 14.7 Å². The molecule has 4 nitrogen and oxygen atoms in total. The Kier molecular flexibility index (Phi) is 5.81. The zero-order chi connectivity index (χ0) is 19.9. The average molecular weight is 507 g/mol. The van der Waals surface area contributed by atoms with Crippen molar-refractivity contribution in [3.05, 3.63) is 56.5 Å². The van der Waals surface area contributed by atoms with E-state index in [0.717, 1.165) is 27.4 Å². The second-order valence-electron chi connectivity index (χ2n) is 6.37. The normalized spacial score (nSPS) is 13.9. The lowest BCUT2D eigenvalue weighted by Gasteiger charge is -2.24. The highest BCUT2D eigenvalue weighted by atomic mass is 79.9. The molecule has 9 heteroatoms. The van der Waals surface area contributed by atoms with Crippen LogP contribution >= 0.6 is 31.9 Å². The van der Waals surface area contributed by atoms with Gasteiger partial charge in [0.15, 0.2) is 0 Å². The third kappa shape index (κ3) is 4.13. The van der Waals surface area contributed by atoms with Crippen LogP contribution in [-0.2, 0) is 7.05 Å². The molecule has 3 rings (SSSR count). The Labute approximate surface area is 171 Å². The van der Waals surface area contributed by atoms with Gasteiger partial charge in [0.1, 0.15) is 11.3 Å². The van der Waals surface area contributed by atoms with E-state index < -0.39 is 29.5 Å². The third-order valence-electron chi connectivity index (χ3n) is 4.35. The Morgan fingerprint density at radius 1 is 1.41 bits per heavy atom. The SMILES string of the molecule is C=C(CN(C(=O)c1c(C(F)F)nn(C)c1F)C1CC1)c1ccc(Br)cc1Br. The van der Waals surface area contributed by atoms with Crippen LogP contribution in [-0.4, -0.2) is 33.2 Å². The molecule has 0 saturated heterocycles. The summed E-state index contributed by atoms with van der Waals surface area (Å²) < 4.78 is 43.1. The van der Waals surface area contributed by atoms with E-state index in [-0.39, 0.29) is 12.6 Å². The molecule has 0 aliphatic heterocycles. The summed E-state index contributed by atoms with van der Waals surface area (Å²) in [6.45, 7) is 4.14. The Hall–Kier alpha value is -1.61.